The summed E-state index contributed by atoms with van der Waals surface area (Å²) in [6.07, 6.45) is 11.7. The van der Waals surface area contributed by atoms with Crippen LogP contribution < -0.4 is 0 Å². The van der Waals surface area contributed by atoms with Crippen LogP contribution in [0.3, 0.4) is 0 Å². The van der Waals surface area contributed by atoms with Gasteiger partial charge in [0.2, 0.25) is 0 Å². The molecular formula is C13H23NS. The molecule has 0 heterocycles. The molecule has 0 radical (unpaired) electrons. The Balaban J connectivity index is 2.22. The fraction of sp³-hybridized carbons (Fsp3) is 0.692. The van der Waals surface area contributed by atoms with Crippen molar-refractivity contribution < 1.29 is 0 Å². The zero-order valence-corrected chi connectivity index (χ0v) is 11.0. The summed E-state index contributed by atoms with van der Waals surface area (Å²) in [6.45, 7) is 3.52. The summed E-state index contributed by atoms with van der Waals surface area (Å²) in [7, 11) is 4.28. The lowest BCUT2D eigenvalue weighted by molar-refractivity contribution is 0.410. The van der Waals surface area contributed by atoms with Crippen LogP contribution in [0.1, 0.15) is 19.8 Å². The SMILES string of the molecule is CC1C=CCC=CC1SCCCN(C)C. The Hall–Kier alpha value is -0.210. The van der Waals surface area contributed by atoms with E-state index in [-0.39, 0.29) is 0 Å². The molecule has 1 rings (SSSR count). The first-order valence-corrected chi connectivity index (χ1v) is 6.84. The Kier molecular flexibility index (Phi) is 6.11. The highest BCUT2D eigenvalue weighted by molar-refractivity contribution is 8.00. The van der Waals surface area contributed by atoms with Crippen LogP contribution in [0.2, 0.25) is 0 Å². The molecule has 0 spiro atoms. The molecular weight excluding hydrogens is 202 g/mol. The first kappa shape index (κ1) is 12.9. The predicted octanol–water partition coefficient (Wildman–Crippen LogP) is 3.19. The van der Waals surface area contributed by atoms with Gasteiger partial charge in [0.15, 0.2) is 0 Å². The lowest BCUT2D eigenvalue weighted by atomic mass is 10.1. The summed E-state index contributed by atoms with van der Waals surface area (Å²) in [6, 6.07) is 0. The summed E-state index contributed by atoms with van der Waals surface area (Å²) in [4.78, 5) is 2.26. The average molecular weight is 225 g/mol. The van der Waals surface area contributed by atoms with Crippen LogP contribution in [0.4, 0.5) is 0 Å². The maximum atomic E-state index is 2.38. The van der Waals surface area contributed by atoms with E-state index >= 15 is 0 Å². The minimum Gasteiger partial charge on any atom is -0.309 e. The van der Waals surface area contributed by atoms with Gasteiger partial charge in [0.25, 0.3) is 0 Å². The van der Waals surface area contributed by atoms with E-state index in [1.807, 2.05) is 0 Å². The molecule has 0 N–H and O–H groups in total. The molecule has 0 saturated heterocycles. The molecule has 1 aliphatic carbocycles. The van der Waals surface area contributed by atoms with Gasteiger partial charge in [-0.2, -0.15) is 11.8 Å². The minimum absolute atomic E-state index is 0.686. The second kappa shape index (κ2) is 7.13. The molecule has 15 heavy (non-hydrogen) atoms. The zero-order valence-electron chi connectivity index (χ0n) is 10.1. The van der Waals surface area contributed by atoms with Crippen LogP contribution in [-0.2, 0) is 0 Å². The first-order chi connectivity index (χ1) is 7.20. The van der Waals surface area contributed by atoms with E-state index in [4.69, 9.17) is 0 Å². The van der Waals surface area contributed by atoms with Crippen molar-refractivity contribution >= 4 is 11.8 Å². The molecule has 0 aliphatic heterocycles. The van der Waals surface area contributed by atoms with Gasteiger partial charge in [-0.3, -0.25) is 0 Å². The van der Waals surface area contributed by atoms with E-state index < -0.39 is 0 Å². The largest absolute Gasteiger partial charge is 0.309 e. The lowest BCUT2D eigenvalue weighted by Crippen LogP contribution is -2.15. The van der Waals surface area contributed by atoms with Gasteiger partial charge in [-0.05, 0) is 45.2 Å². The van der Waals surface area contributed by atoms with Crippen molar-refractivity contribution in [2.45, 2.75) is 25.0 Å². The molecule has 2 atom stereocenters. The molecule has 0 aromatic carbocycles. The molecule has 1 aliphatic rings. The topological polar surface area (TPSA) is 3.24 Å². The number of hydrogen-bond donors (Lipinski definition) is 0. The Labute approximate surface area is 98.6 Å². The fourth-order valence-corrected chi connectivity index (χ4v) is 2.86. The highest BCUT2D eigenvalue weighted by Gasteiger charge is 2.12. The third kappa shape index (κ3) is 5.43. The molecule has 0 saturated carbocycles. The molecule has 0 bridgehead atoms. The van der Waals surface area contributed by atoms with Crippen molar-refractivity contribution in [3.8, 4) is 0 Å². The third-order valence-electron chi connectivity index (χ3n) is 2.62. The number of hydrogen-bond acceptors (Lipinski definition) is 2. The smallest absolute Gasteiger partial charge is 0.0287 e. The summed E-state index contributed by atoms with van der Waals surface area (Å²) < 4.78 is 0. The van der Waals surface area contributed by atoms with Crippen molar-refractivity contribution in [1.82, 2.24) is 4.90 Å². The van der Waals surface area contributed by atoms with Crippen LogP contribution in [0.25, 0.3) is 0 Å². The van der Waals surface area contributed by atoms with Gasteiger partial charge in [-0.1, -0.05) is 31.2 Å². The van der Waals surface area contributed by atoms with E-state index in [1.54, 1.807) is 0 Å². The molecule has 86 valence electrons. The van der Waals surface area contributed by atoms with Crippen LogP contribution in [0.15, 0.2) is 24.3 Å². The number of thioether (sulfide) groups is 1. The lowest BCUT2D eigenvalue weighted by Gasteiger charge is -2.17. The standard InChI is InChI=1S/C13H23NS/c1-12-8-5-4-6-9-13(12)15-11-7-10-14(2)3/h5-6,8-9,12-13H,4,7,10-11H2,1-3H3. The van der Waals surface area contributed by atoms with Crippen LogP contribution in [-0.4, -0.2) is 36.5 Å². The summed E-state index contributed by atoms with van der Waals surface area (Å²) in [5.74, 6) is 1.96. The summed E-state index contributed by atoms with van der Waals surface area (Å²) in [5, 5.41) is 0.686. The van der Waals surface area contributed by atoms with Crippen LogP contribution in [0, 0.1) is 5.92 Å². The quantitative estimate of drug-likeness (QED) is 0.522. The summed E-state index contributed by atoms with van der Waals surface area (Å²) in [5.41, 5.74) is 0. The fourth-order valence-electron chi connectivity index (χ4n) is 1.68. The molecule has 1 nitrogen and oxygen atoms in total. The highest BCUT2D eigenvalue weighted by Crippen LogP contribution is 2.25. The van der Waals surface area contributed by atoms with Gasteiger partial charge in [-0.15, -0.1) is 0 Å². The maximum absolute atomic E-state index is 2.38. The molecule has 2 heteroatoms. The van der Waals surface area contributed by atoms with Crippen molar-refractivity contribution in [2.75, 3.05) is 26.4 Å². The van der Waals surface area contributed by atoms with Gasteiger partial charge in [0.1, 0.15) is 0 Å². The van der Waals surface area contributed by atoms with Crippen LogP contribution in [0.5, 0.6) is 0 Å². The van der Waals surface area contributed by atoms with E-state index in [0.29, 0.717) is 11.2 Å². The van der Waals surface area contributed by atoms with Gasteiger partial charge in [0, 0.05) is 5.25 Å². The molecule has 0 fully saturated rings. The predicted molar refractivity (Wildman–Crippen MR) is 71.5 cm³/mol. The molecule has 2 unspecified atom stereocenters. The third-order valence-corrected chi connectivity index (χ3v) is 4.11. The monoisotopic (exact) mass is 225 g/mol. The average Bonchev–Trinajstić information content (AvgIpc) is 2.38. The Morgan fingerprint density at radius 1 is 1.27 bits per heavy atom. The van der Waals surface area contributed by atoms with E-state index in [0.717, 1.165) is 6.42 Å². The van der Waals surface area contributed by atoms with Crippen molar-refractivity contribution in [2.24, 2.45) is 5.92 Å². The van der Waals surface area contributed by atoms with Crippen molar-refractivity contribution in [3.05, 3.63) is 24.3 Å². The van der Waals surface area contributed by atoms with Gasteiger partial charge < -0.3 is 4.90 Å². The minimum atomic E-state index is 0.686. The molecule has 0 aromatic heterocycles. The second-order valence-electron chi connectivity index (χ2n) is 4.44. The zero-order chi connectivity index (χ0) is 11.1. The van der Waals surface area contributed by atoms with E-state index in [9.17, 15) is 0 Å². The number of nitrogens with zero attached hydrogens (tertiary/aromatic N) is 1. The Morgan fingerprint density at radius 3 is 2.73 bits per heavy atom. The number of allylic oxidation sites excluding steroid dienone is 3. The van der Waals surface area contributed by atoms with E-state index in [1.165, 1.54) is 18.7 Å². The number of rotatable bonds is 5. The van der Waals surface area contributed by atoms with Gasteiger partial charge >= 0.3 is 0 Å². The maximum Gasteiger partial charge on any atom is 0.0287 e. The van der Waals surface area contributed by atoms with Crippen molar-refractivity contribution in [1.29, 1.82) is 0 Å². The van der Waals surface area contributed by atoms with Crippen LogP contribution >= 0.6 is 11.8 Å². The Bertz CT molecular complexity index is 221. The molecule has 0 aromatic rings. The second-order valence-corrected chi connectivity index (χ2v) is 5.73. The van der Waals surface area contributed by atoms with Gasteiger partial charge in [-0.25, -0.2) is 0 Å². The Morgan fingerprint density at radius 2 is 2.00 bits per heavy atom. The summed E-state index contributed by atoms with van der Waals surface area (Å²) >= 11 is 2.10. The first-order valence-electron chi connectivity index (χ1n) is 5.80. The van der Waals surface area contributed by atoms with Crippen molar-refractivity contribution in [3.63, 3.8) is 0 Å². The highest BCUT2D eigenvalue weighted by atomic mass is 32.2. The van der Waals surface area contributed by atoms with E-state index in [2.05, 4.69) is 62.0 Å². The molecule has 0 amide bonds. The normalized spacial score (nSPS) is 25.9. The van der Waals surface area contributed by atoms with Gasteiger partial charge in [0.05, 0.1) is 0 Å².